The van der Waals surface area contributed by atoms with E-state index in [1.165, 1.54) is 6.08 Å². The van der Waals surface area contributed by atoms with Gasteiger partial charge >= 0.3 is 0 Å². The molecule has 0 bridgehead atoms. The van der Waals surface area contributed by atoms with Gasteiger partial charge in [0.15, 0.2) is 0 Å². The molecule has 0 aromatic heterocycles. The summed E-state index contributed by atoms with van der Waals surface area (Å²) in [5, 5.41) is 16.6. The summed E-state index contributed by atoms with van der Waals surface area (Å²) in [7, 11) is 0. The Hall–Kier alpha value is -0.820. The average Bonchev–Trinajstić information content (AvgIpc) is 1.97. The van der Waals surface area contributed by atoms with Crippen molar-refractivity contribution in [2.45, 2.75) is 6.42 Å². The molecule has 0 heterocycles. The van der Waals surface area contributed by atoms with Crippen LogP contribution in [0.4, 0.5) is 0 Å². The van der Waals surface area contributed by atoms with Crippen LogP contribution in [-0.2, 0) is 0 Å². The Labute approximate surface area is 60.8 Å². The van der Waals surface area contributed by atoms with E-state index >= 15 is 0 Å². The zero-order valence-corrected chi connectivity index (χ0v) is 5.83. The number of hydrogen-bond acceptors (Lipinski definition) is 2. The molecule has 0 spiro atoms. The SMILES string of the molecule is OCC=C=C/C=C/CCO. The summed E-state index contributed by atoms with van der Waals surface area (Å²) >= 11 is 0. The van der Waals surface area contributed by atoms with Gasteiger partial charge in [0.25, 0.3) is 0 Å². The summed E-state index contributed by atoms with van der Waals surface area (Å²) in [6.45, 7) is 0.193. The number of hydrogen-bond donors (Lipinski definition) is 2. The molecule has 0 aromatic rings. The van der Waals surface area contributed by atoms with E-state index in [1.807, 2.05) is 6.08 Å². The first-order valence-corrected chi connectivity index (χ1v) is 3.19. The van der Waals surface area contributed by atoms with Crippen LogP contribution in [0.15, 0.2) is 30.0 Å². The van der Waals surface area contributed by atoms with E-state index in [0.717, 1.165) is 0 Å². The summed E-state index contributed by atoms with van der Waals surface area (Å²) in [6.07, 6.45) is 7.48. The molecule has 0 aliphatic carbocycles. The number of allylic oxidation sites excluding steroid dienone is 1. The first kappa shape index (κ1) is 9.18. The highest BCUT2D eigenvalue weighted by molar-refractivity contribution is 5.02. The molecule has 0 saturated heterocycles. The lowest BCUT2D eigenvalue weighted by atomic mass is 10.4. The van der Waals surface area contributed by atoms with Gasteiger partial charge in [-0.1, -0.05) is 12.2 Å². The Kier molecular flexibility index (Phi) is 7.51. The molecule has 10 heavy (non-hydrogen) atoms. The highest BCUT2D eigenvalue weighted by Gasteiger charge is 1.68. The highest BCUT2D eigenvalue weighted by atomic mass is 16.3. The molecule has 0 atom stereocenters. The summed E-state index contributed by atoms with van der Waals surface area (Å²) in [4.78, 5) is 0. The van der Waals surface area contributed by atoms with Gasteiger partial charge in [-0.2, -0.15) is 0 Å². The minimum absolute atomic E-state index is 0.0182. The zero-order valence-electron chi connectivity index (χ0n) is 5.83. The first-order valence-electron chi connectivity index (χ1n) is 3.19. The van der Waals surface area contributed by atoms with Crippen LogP contribution in [0.3, 0.4) is 0 Å². The lowest BCUT2D eigenvalue weighted by Gasteiger charge is -1.78. The topological polar surface area (TPSA) is 40.5 Å². The fourth-order valence-electron chi connectivity index (χ4n) is 0.415. The largest absolute Gasteiger partial charge is 0.396 e. The van der Waals surface area contributed by atoms with E-state index in [4.69, 9.17) is 10.2 Å². The molecule has 0 fully saturated rings. The van der Waals surface area contributed by atoms with Crippen LogP contribution < -0.4 is 0 Å². The van der Waals surface area contributed by atoms with E-state index < -0.39 is 0 Å². The molecule has 2 N–H and O–H groups in total. The van der Waals surface area contributed by atoms with E-state index in [1.54, 1.807) is 12.2 Å². The number of rotatable bonds is 4. The van der Waals surface area contributed by atoms with Gasteiger partial charge in [0.1, 0.15) is 0 Å². The molecule has 0 saturated carbocycles. The summed E-state index contributed by atoms with van der Waals surface area (Å²) in [6, 6.07) is 0. The Bertz CT molecular complexity index is 141. The van der Waals surface area contributed by atoms with Crippen molar-refractivity contribution >= 4 is 0 Å². The van der Waals surface area contributed by atoms with Gasteiger partial charge in [0.2, 0.25) is 0 Å². The van der Waals surface area contributed by atoms with Crippen molar-refractivity contribution in [2.75, 3.05) is 13.2 Å². The molecular weight excluding hydrogens is 128 g/mol. The van der Waals surface area contributed by atoms with Gasteiger partial charge < -0.3 is 10.2 Å². The van der Waals surface area contributed by atoms with Crippen molar-refractivity contribution in [1.82, 2.24) is 0 Å². The van der Waals surface area contributed by atoms with Crippen LogP contribution in [0.1, 0.15) is 6.42 Å². The zero-order chi connectivity index (χ0) is 7.66. The van der Waals surface area contributed by atoms with Gasteiger partial charge in [-0.05, 0) is 18.6 Å². The van der Waals surface area contributed by atoms with Gasteiger partial charge in [-0.25, -0.2) is 0 Å². The summed E-state index contributed by atoms with van der Waals surface area (Å²) in [5.74, 6) is 0. The Balaban J connectivity index is 3.41. The molecule has 2 nitrogen and oxygen atoms in total. The van der Waals surface area contributed by atoms with Crippen LogP contribution >= 0.6 is 0 Å². The normalized spacial score (nSPS) is 9.40. The van der Waals surface area contributed by atoms with Crippen LogP contribution in [0.5, 0.6) is 0 Å². The highest BCUT2D eigenvalue weighted by Crippen LogP contribution is 1.80. The molecule has 0 aromatic carbocycles. The molecule has 0 unspecified atom stereocenters. The van der Waals surface area contributed by atoms with Gasteiger partial charge in [-0.3, -0.25) is 0 Å². The monoisotopic (exact) mass is 140 g/mol. The molecule has 0 aliphatic heterocycles. The average molecular weight is 140 g/mol. The Morgan fingerprint density at radius 2 is 2.10 bits per heavy atom. The predicted octanol–water partition coefficient (Wildman–Crippen LogP) is 0.629. The predicted molar refractivity (Wildman–Crippen MR) is 40.6 cm³/mol. The third-order valence-corrected chi connectivity index (χ3v) is 0.833. The molecule has 56 valence electrons. The second-order valence-corrected chi connectivity index (χ2v) is 1.66. The van der Waals surface area contributed by atoms with Crippen molar-refractivity contribution in [2.24, 2.45) is 0 Å². The smallest absolute Gasteiger partial charge is 0.0686 e. The lowest BCUT2D eigenvalue weighted by Crippen LogP contribution is -1.73. The van der Waals surface area contributed by atoms with Gasteiger partial charge in [-0.15, -0.1) is 5.73 Å². The van der Waals surface area contributed by atoms with Gasteiger partial charge in [0, 0.05) is 6.61 Å². The first-order chi connectivity index (χ1) is 4.91. The number of aliphatic hydroxyl groups excluding tert-OH is 2. The van der Waals surface area contributed by atoms with Crippen LogP contribution in [-0.4, -0.2) is 23.4 Å². The van der Waals surface area contributed by atoms with Gasteiger partial charge in [0.05, 0.1) is 6.61 Å². The lowest BCUT2D eigenvalue weighted by molar-refractivity contribution is 0.302. The van der Waals surface area contributed by atoms with E-state index in [9.17, 15) is 0 Å². The maximum absolute atomic E-state index is 8.34. The van der Waals surface area contributed by atoms with Crippen molar-refractivity contribution in [3.63, 3.8) is 0 Å². The molecule has 0 amide bonds. The number of aliphatic hydroxyl groups is 2. The molecule has 2 heteroatoms. The molecule has 0 rings (SSSR count). The summed E-state index contributed by atoms with van der Waals surface area (Å²) in [5.41, 5.74) is 2.73. The Morgan fingerprint density at radius 1 is 1.30 bits per heavy atom. The van der Waals surface area contributed by atoms with Crippen LogP contribution in [0, 0.1) is 0 Å². The molecule has 0 aliphatic rings. The summed E-state index contributed by atoms with van der Waals surface area (Å²) < 4.78 is 0. The maximum atomic E-state index is 8.34. The maximum Gasteiger partial charge on any atom is 0.0686 e. The van der Waals surface area contributed by atoms with E-state index in [0.29, 0.717) is 6.42 Å². The van der Waals surface area contributed by atoms with Crippen LogP contribution in [0.25, 0.3) is 0 Å². The standard InChI is InChI=1S/C8H12O2/c9-7-5-3-1-2-4-6-8-10/h1-3,6,9-10H,5,7-8H2/b3-1+. The van der Waals surface area contributed by atoms with Crippen molar-refractivity contribution in [3.05, 3.63) is 30.0 Å². The third-order valence-electron chi connectivity index (χ3n) is 0.833. The second-order valence-electron chi connectivity index (χ2n) is 1.66. The quantitative estimate of drug-likeness (QED) is 0.444. The van der Waals surface area contributed by atoms with E-state index in [-0.39, 0.29) is 13.2 Å². The van der Waals surface area contributed by atoms with Crippen molar-refractivity contribution in [3.8, 4) is 0 Å². The van der Waals surface area contributed by atoms with Crippen molar-refractivity contribution < 1.29 is 10.2 Å². The third kappa shape index (κ3) is 7.18. The minimum atomic E-state index is 0.0182. The van der Waals surface area contributed by atoms with E-state index in [2.05, 4.69) is 5.73 Å². The minimum Gasteiger partial charge on any atom is -0.396 e. The fraction of sp³-hybridized carbons (Fsp3) is 0.375. The van der Waals surface area contributed by atoms with Crippen LogP contribution in [0.2, 0.25) is 0 Å². The fourth-order valence-corrected chi connectivity index (χ4v) is 0.415. The molecule has 0 radical (unpaired) electrons. The molecular formula is C8H12O2. The van der Waals surface area contributed by atoms with Crippen molar-refractivity contribution in [1.29, 1.82) is 0 Å². The second kappa shape index (κ2) is 8.18. The Morgan fingerprint density at radius 3 is 2.70 bits per heavy atom.